The summed E-state index contributed by atoms with van der Waals surface area (Å²) in [4.78, 5) is 0. The van der Waals surface area contributed by atoms with E-state index in [1.807, 2.05) is 24.3 Å². The van der Waals surface area contributed by atoms with Gasteiger partial charge in [0, 0.05) is 0 Å². The van der Waals surface area contributed by atoms with Crippen LogP contribution in [0.15, 0.2) is 28.7 Å². The summed E-state index contributed by atoms with van der Waals surface area (Å²) in [5.41, 5.74) is 1.07. The van der Waals surface area contributed by atoms with E-state index in [0.29, 0.717) is 0 Å². The zero-order chi connectivity index (χ0) is 8.27. The van der Waals surface area contributed by atoms with Crippen molar-refractivity contribution < 1.29 is 4.74 Å². The number of hydrogen-bond acceptors (Lipinski definition) is 1. The Kier molecular flexibility index (Phi) is 3.31. The van der Waals surface area contributed by atoms with E-state index in [0.717, 1.165) is 14.6 Å². The molecule has 0 amide bonds. The third-order valence-corrected chi connectivity index (χ3v) is 2.64. The van der Waals surface area contributed by atoms with Crippen LogP contribution in [0.3, 0.4) is 0 Å². The Labute approximate surface area is 82.2 Å². The van der Waals surface area contributed by atoms with Gasteiger partial charge in [0.15, 0.2) is 0 Å². The number of halogens is 1. The SMILES string of the molecule is COC(=[Se])c1ccc(Br)cc1. The van der Waals surface area contributed by atoms with Crippen molar-refractivity contribution >= 4 is 36.1 Å². The number of methoxy groups -OCH3 is 1. The molecule has 0 heterocycles. The van der Waals surface area contributed by atoms with Crippen LogP contribution in [0.1, 0.15) is 5.56 Å². The van der Waals surface area contributed by atoms with E-state index in [9.17, 15) is 0 Å². The van der Waals surface area contributed by atoms with E-state index in [4.69, 9.17) is 4.74 Å². The van der Waals surface area contributed by atoms with Crippen molar-refractivity contribution in [3.05, 3.63) is 34.3 Å². The number of benzene rings is 1. The molecule has 0 radical (unpaired) electrons. The molecule has 1 aromatic carbocycles. The van der Waals surface area contributed by atoms with Crippen LogP contribution < -0.4 is 0 Å². The second kappa shape index (κ2) is 4.05. The topological polar surface area (TPSA) is 9.23 Å². The van der Waals surface area contributed by atoms with Gasteiger partial charge >= 0.3 is 82.3 Å². The summed E-state index contributed by atoms with van der Waals surface area (Å²) in [7, 11) is 1.65. The Morgan fingerprint density at radius 2 is 1.91 bits per heavy atom. The molecule has 0 aliphatic rings. The van der Waals surface area contributed by atoms with Gasteiger partial charge in [-0.15, -0.1) is 0 Å². The Hall–Kier alpha value is -0.111. The molecule has 58 valence electrons. The van der Waals surface area contributed by atoms with Crippen LogP contribution in [0.25, 0.3) is 0 Å². The fourth-order valence-electron chi connectivity index (χ4n) is 0.704. The number of hydrogen-bond donors (Lipinski definition) is 0. The third kappa shape index (κ3) is 2.44. The molecule has 11 heavy (non-hydrogen) atoms. The summed E-state index contributed by atoms with van der Waals surface area (Å²) in [6.45, 7) is 0. The van der Waals surface area contributed by atoms with Crippen molar-refractivity contribution in [2.75, 3.05) is 7.11 Å². The van der Waals surface area contributed by atoms with Crippen LogP contribution in [0.2, 0.25) is 0 Å². The fourth-order valence-corrected chi connectivity index (χ4v) is 1.25. The molecule has 0 fully saturated rings. The predicted octanol–water partition coefficient (Wildman–Crippen LogP) is 1.74. The van der Waals surface area contributed by atoms with E-state index in [1.165, 1.54) is 0 Å². The van der Waals surface area contributed by atoms with Crippen molar-refractivity contribution in [2.45, 2.75) is 0 Å². The summed E-state index contributed by atoms with van der Waals surface area (Å²) < 4.78 is 6.91. The van der Waals surface area contributed by atoms with E-state index in [2.05, 4.69) is 31.5 Å². The van der Waals surface area contributed by atoms with Crippen LogP contribution in [-0.2, 0) is 4.74 Å². The van der Waals surface area contributed by atoms with Crippen molar-refractivity contribution in [1.29, 1.82) is 0 Å². The summed E-state index contributed by atoms with van der Waals surface area (Å²) in [6.07, 6.45) is 0. The molecule has 0 aromatic heterocycles. The molecular formula is C8H7BrOSe. The molecule has 0 bridgehead atoms. The van der Waals surface area contributed by atoms with Gasteiger partial charge in [0.25, 0.3) is 0 Å². The van der Waals surface area contributed by atoms with Gasteiger partial charge in [0.1, 0.15) is 0 Å². The summed E-state index contributed by atoms with van der Waals surface area (Å²) in [6, 6.07) is 7.93. The van der Waals surface area contributed by atoms with E-state index < -0.39 is 0 Å². The molecule has 3 heteroatoms. The maximum atomic E-state index is 5.02. The van der Waals surface area contributed by atoms with Gasteiger partial charge in [-0.1, -0.05) is 0 Å². The molecule has 0 aliphatic heterocycles. The van der Waals surface area contributed by atoms with Crippen molar-refractivity contribution in [3.63, 3.8) is 0 Å². The predicted molar refractivity (Wildman–Crippen MR) is 51.0 cm³/mol. The number of rotatable bonds is 2. The Balaban J connectivity index is 2.90. The normalized spacial score (nSPS) is 9.27. The van der Waals surface area contributed by atoms with Gasteiger partial charge in [-0.3, -0.25) is 0 Å². The first-order valence-electron chi connectivity index (χ1n) is 3.08. The summed E-state index contributed by atoms with van der Waals surface area (Å²) >= 11 is 6.20. The van der Waals surface area contributed by atoms with Crippen LogP contribution >= 0.6 is 15.9 Å². The number of ether oxygens (including phenoxy) is 1. The fraction of sp³-hybridized carbons (Fsp3) is 0.125. The van der Waals surface area contributed by atoms with Gasteiger partial charge in [0.05, 0.1) is 0 Å². The first kappa shape index (κ1) is 8.98. The molecular weight excluding hydrogens is 271 g/mol. The molecule has 1 aromatic rings. The van der Waals surface area contributed by atoms with Crippen molar-refractivity contribution in [2.24, 2.45) is 0 Å². The average Bonchev–Trinajstić information content (AvgIpc) is 2.05. The minimum absolute atomic E-state index is 0.817. The van der Waals surface area contributed by atoms with E-state index in [1.54, 1.807) is 7.11 Å². The quantitative estimate of drug-likeness (QED) is 0.749. The van der Waals surface area contributed by atoms with Crippen LogP contribution in [0.5, 0.6) is 0 Å². The Bertz CT molecular complexity index is 255. The summed E-state index contributed by atoms with van der Waals surface area (Å²) in [5.74, 6) is 0. The van der Waals surface area contributed by atoms with Gasteiger partial charge in [-0.05, 0) is 0 Å². The van der Waals surface area contributed by atoms with Gasteiger partial charge in [-0.25, -0.2) is 0 Å². The van der Waals surface area contributed by atoms with E-state index >= 15 is 0 Å². The standard InChI is InChI=1S/C8H7BrOSe/c1-10-8(11)6-2-4-7(9)5-3-6/h2-5H,1H3. The monoisotopic (exact) mass is 278 g/mol. The van der Waals surface area contributed by atoms with Crippen molar-refractivity contribution in [1.82, 2.24) is 0 Å². The zero-order valence-electron chi connectivity index (χ0n) is 6.00. The second-order valence-electron chi connectivity index (χ2n) is 2.00. The van der Waals surface area contributed by atoms with Crippen LogP contribution in [0, 0.1) is 0 Å². The first-order valence-corrected chi connectivity index (χ1v) is 4.73. The van der Waals surface area contributed by atoms with Crippen molar-refractivity contribution in [3.8, 4) is 0 Å². The molecule has 0 spiro atoms. The molecule has 1 nitrogen and oxygen atoms in total. The van der Waals surface area contributed by atoms with Gasteiger partial charge in [-0.2, -0.15) is 0 Å². The molecule has 0 saturated carbocycles. The van der Waals surface area contributed by atoms with Crippen LogP contribution in [0.4, 0.5) is 0 Å². The van der Waals surface area contributed by atoms with Gasteiger partial charge in [0.2, 0.25) is 0 Å². The first-order chi connectivity index (χ1) is 5.24. The maximum absolute atomic E-state index is 5.02. The molecule has 0 atom stereocenters. The third-order valence-electron chi connectivity index (χ3n) is 1.27. The van der Waals surface area contributed by atoms with E-state index in [-0.39, 0.29) is 0 Å². The zero-order valence-corrected chi connectivity index (χ0v) is 9.30. The van der Waals surface area contributed by atoms with Gasteiger partial charge < -0.3 is 0 Å². The second-order valence-corrected chi connectivity index (χ2v) is 3.69. The summed E-state index contributed by atoms with van der Waals surface area (Å²) in [5, 5.41) is 0. The minimum atomic E-state index is 0.817. The van der Waals surface area contributed by atoms with Crippen LogP contribution in [-0.4, -0.2) is 27.3 Å². The Morgan fingerprint density at radius 1 is 1.36 bits per heavy atom. The average molecular weight is 278 g/mol. The molecule has 0 aliphatic carbocycles. The molecule has 0 N–H and O–H groups in total. The molecule has 1 rings (SSSR count). The molecule has 0 saturated heterocycles. The Morgan fingerprint density at radius 3 is 2.36 bits per heavy atom. The molecule has 0 unspecified atom stereocenters.